The Hall–Kier alpha value is -1.58. The van der Waals surface area contributed by atoms with E-state index >= 15 is 0 Å². The maximum Gasteiger partial charge on any atom is 0.308 e. The van der Waals surface area contributed by atoms with Crippen LogP contribution in [0.25, 0.3) is 0 Å². The number of aryl methyl sites for hydroxylation is 1. The van der Waals surface area contributed by atoms with E-state index < -0.39 is 11.9 Å². The van der Waals surface area contributed by atoms with Crippen LogP contribution in [0.4, 0.5) is 5.82 Å². The number of hydrogen-bond donors (Lipinski definition) is 2. The average Bonchev–Trinajstić information content (AvgIpc) is 2.14. The van der Waals surface area contributed by atoms with Crippen molar-refractivity contribution >= 4 is 11.8 Å². The van der Waals surface area contributed by atoms with Gasteiger partial charge in [-0.1, -0.05) is 13.0 Å². The lowest BCUT2D eigenvalue weighted by Gasteiger charge is -2.08. The molecule has 0 spiro atoms. The summed E-state index contributed by atoms with van der Waals surface area (Å²) in [4.78, 5) is 14.7. The topological polar surface area (TPSA) is 62.2 Å². The monoisotopic (exact) mass is 194 g/mol. The van der Waals surface area contributed by atoms with Gasteiger partial charge < -0.3 is 10.4 Å². The number of rotatable bonds is 4. The van der Waals surface area contributed by atoms with Gasteiger partial charge >= 0.3 is 5.97 Å². The zero-order valence-electron chi connectivity index (χ0n) is 8.32. The lowest BCUT2D eigenvalue weighted by molar-refractivity contribution is -0.140. The lowest BCUT2D eigenvalue weighted by Crippen LogP contribution is -2.20. The number of carboxylic acids is 1. The molecule has 0 aliphatic carbocycles. The first kappa shape index (κ1) is 10.5. The second kappa shape index (κ2) is 4.60. The Balaban J connectivity index is 2.49. The van der Waals surface area contributed by atoms with Gasteiger partial charge in [-0.2, -0.15) is 0 Å². The molecule has 1 rings (SSSR count). The Morgan fingerprint density at radius 3 is 2.93 bits per heavy atom. The van der Waals surface area contributed by atoms with E-state index in [1.807, 2.05) is 25.1 Å². The summed E-state index contributed by atoms with van der Waals surface area (Å²) in [5, 5.41) is 11.6. The minimum atomic E-state index is -0.801. The molecule has 0 fully saturated rings. The molecule has 0 aromatic carbocycles. The zero-order chi connectivity index (χ0) is 10.6. The van der Waals surface area contributed by atoms with Crippen LogP contribution < -0.4 is 5.32 Å². The fourth-order valence-corrected chi connectivity index (χ4v) is 0.986. The molecule has 1 unspecified atom stereocenters. The normalized spacial score (nSPS) is 12.1. The lowest BCUT2D eigenvalue weighted by atomic mass is 10.2. The third-order valence-electron chi connectivity index (χ3n) is 1.90. The maximum absolute atomic E-state index is 10.5. The van der Waals surface area contributed by atoms with Crippen molar-refractivity contribution in [3.63, 3.8) is 0 Å². The van der Waals surface area contributed by atoms with Crippen LogP contribution in [0.2, 0.25) is 0 Å². The number of carbonyl (C=O) groups is 1. The van der Waals surface area contributed by atoms with Gasteiger partial charge in [0, 0.05) is 12.2 Å². The van der Waals surface area contributed by atoms with Gasteiger partial charge in [0.25, 0.3) is 0 Å². The maximum atomic E-state index is 10.5. The van der Waals surface area contributed by atoms with E-state index in [1.54, 1.807) is 6.92 Å². The van der Waals surface area contributed by atoms with Crippen molar-refractivity contribution in [2.24, 2.45) is 5.92 Å². The van der Waals surface area contributed by atoms with E-state index in [4.69, 9.17) is 5.11 Å². The van der Waals surface area contributed by atoms with Gasteiger partial charge in [-0.3, -0.25) is 4.79 Å². The highest BCUT2D eigenvalue weighted by molar-refractivity contribution is 5.70. The van der Waals surface area contributed by atoms with Crippen LogP contribution in [0.3, 0.4) is 0 Å². The molecular formula is C10H14N2O2. The molecule has 4 nitrogen and oxygen atoms in total. The van der Waals surface area contributed by atoms with Crippen molar-refractivity contribution < 1.29 is 9.90 Å². The standard InChI is InChI=1S/C10H14N2O2/c1-7(10(13)14)6-11-9-5-3-4-8(2)12-9/h3-5,7H,6H2,1-2H3,(H,11,12)(H,13,14). The Kier molecular flexibility index (Phi) is 3.45. The van der Waals surface area contributed by atoms with E-state index in [0.29, 0.717) is 6.54 Å². The quantitative estimate of drug-likeness (QED) is 0.762. The smallest absolute Gasteiger partial charge is 0.308 e. The number of aromatic nitrogens is 1. The van der Waals surface area contributed by atoms with Crippen LogP contribution in [0.15, 0.2) is 18.2 Å². The van der Waals surface area contributed by atoms with Crippen molar-refractivity contribution in [1.29, 1.82) is 0 Å². The van der Waals surface area contributed by atoms with E-state index in [-0.39, 0.29) is 0 Å². The molecule has 1 aromatic rings. The average molecular weight is 194 g/mol. The molecule has 0 saturated heterocycles. The summed E-state index contributed by atoms with van der Waals surface area (Å²) in [6.45, 7) is 3.95. The predicted molar refractivity (Wildman–Crippen MR) is 54.3 cm³/mol. The van der Waals surface area contributed by atoms with Gasteiger partial charge in [0.2, 0.25) is 0 Å². The molecule has 0 aliphatic rings. The van der Waals surface area contributed by atoms with Crippen molar-refractivity contribution in [3.8, 4) is 0 Å². The minimum Gasteiger partial charge on any atom is -0.481 e. The van der Waals surface area contributed by atoms with E-state index in [0.717, 1.165) is 11.5 Å². The van der Waals surface area contributed by atoms with Crippen LogP contribution in [0.1, 0.15) is 12.6 Å². The number of pyridine rings is 1. The molecule has 0 saturated carbocycles. The number of carboxylic acid groups (broad SMARTS) is 1. The van der Waals surface area contributed by atoms with Crippen molar-refractivity contribution in [1.82, 2.24) is 4.98 Å². The van der Waals surface area contributed by atoms with Crippen molar-refractivity contribution in [3.05, 3.63) is 23.9 Å². The van der Waals surface area contributed by atoms with Gasteiger partial charge in [-0.25, -0.2) is 4.98 Å². The van der Waals surface area contributed by atoms with Crippen molar-refractivity contribution in [2.45, 2.75) is 13.8 Å². The highest BCUT2D eigenvalue weighted by Crippen LogP contribution is 2.05. The first-order chi connectivity index (χ1) is 6.59. The van der Waals surface area contributed by atoms with Gasteiger partial charge in [-0.05, 0) is 19.1 Å². The molecule has 2 N–H and O–H groups in total. The van der Waals surface area contributed by atoms with Crippen molar-refractivity contribution in [2.75, 3.05) is 11.9 Å². The number of hydrogen-bond acceptors (Lipinski definition) is 3. The molecule has 0 bridgehead atoms. The second-order valence-electron chi connectivity index (χ2n) is 3.28. The van der Waals surface area contributed by atoms with Crippen LogP contribution in [0, 0.1) is 12.8 Å². The van der Waals surface area contributed by atoms with E-state index in [1.165, 1.54) is 0 Å². The molecule has 76 valence electrons. The largest absolute Gasteiger partial charge is 0.481 e. The number of nitrogens with one attached hydrogen (secondary N) is 1. The van der Waals surface area contributed by atoms with Gasteiger partial charge in [0.15, 0.2) is 0 Å². The summed E-state index contributed by atoms with van der Waals surface area (Å²) in [5.74, 6) is -0.486. The van der Waals surface area contributed by atoms with Gasteiger partial charge in [-0.15, -0.1) is 0 Å². The summed E-state index contributed by atoms with van der Waals surface area (Å²) in [7, 11) is 0. The van der Waals surface area contributed by atoms with Crippen LogP contribution in [-0.2, 0) is 4.79 Å². The van der Waals surface area contributed by atoms with Crippen LogP contribution >= 0.6 is 0 Å². The summed E-state index contributed by atoms with van der Waals surface area (Å²) < 4.78 is 0. The summed E-state index contributed by atoms with van der Waals surface area (Å²) in [5.41, 5.74) is 0.915. The first-order valence-corrected chi connectivity index (χ1v) is 4.50. The fourth-order valence-electron chi connectivity index (χ4n) is 0.986. The molecular weight excluding hydrogens is 180 g/mol. The van der Waals surface area contributed by atoms with Crippen LogP contribution in [-0.4, -0.2) is 22.6 Å². The zero-order valence-corrected chi connectivity index (χ0v) is 8.32. The fraction of sp³-hybridized carbons (Fsp3) is 0.400. The third-order valence-corrected chi connectivity index (χ3v) is 1.90. The number of aliphatic carboxylic acids is 1. The molecule has 1 atom stereocenters. The second-order valence-corrected chi connectivity index (χ2v) is 3.28. The Morgan fingerprint density at radius 2 is 2.36 bits per heavy atom. The molecule has 0 radical (unpaired) electrons. The molecule has 14 heavy (non-hydrogen) atoms. The molecule has 0 aliphatic heterocycles. The number of anilines is 1. The Morgan fingerprint density at radius 1 is 1.64 bits per heavy atom. The summed E-state index contributed by atoms with van der Waals surface area (Å²) >= 11 is 0. The third kappa shape index (κ3) is 3.05. The van der Waals surface area contributed by atoms with Gasteiger partial charge in [0.05, 0.1) is 5.92 Å². The summed E-state index contributed by atoms with van der Waals surface area (Å²) in [6, 6.07) is 5.60. The molecule has 0 amide bonds. The predicted octanol–water partition coefficient (Wildman–Crippen LogP) is 1.52. The SMILES string of the molecule is Cc1cccc(NCC(C)C(=O)O)n1. The Labute approximate surface area is 83.0 Å². The minimum absolute atomic E-state index is 0.395. The molecule has 1 aromatic heterocycles. The summed E-state index contributed by atoms with van der Waals surface area (Å²) in [6.07, 6.45) is 0. The Bertz CT molecular complexity index is 326. The number of nitrogens with zero attached hydrogens (tertiary/aromatic N) is 1. The molecule has 4 heteroatoms. The first-order valence-electron chi connectivity index (χ1n) is 4.50. The highest BCUT2D eigenvalue weighted by atomic mass is 16.4. The van der Waals surface area contributed by atoms with Gasteiger partial charge in [0.1, 0.15) is 5.82 Å². The van der Waals surface area contributed by atoms with E-state index in [9.17, 15) is 4.79 Å². The molecule has 1 heterocycles. The van der Waals surface area contributed by atoms with E-state index in [2.05, 4.69) is 10.3 Å². The highest BCUT2D eigenvalue weighted by Gasteiger charge is 2.09. The van der Waals surface area contributed by atoms with Crippen LogP contribution in [0.5, 0.6) is 0 Å².